The lowest BCUT2D eigenvalue weighted by molar-refractivity contribution is -0.130. The minimum atomic E-state index is -0.205. The monoisotopic (exact) mass is 432 g/mol. The molecule has 27 heavy (non-hydrogen) atoms. The van der Waals surface area contributed by atoms with Crippen LogP contribution in [0.15, 0.2) is 47.1 Å². The van der Waals surface area contributed by atoms with Gasteiger partial charge in [0.25, 0.3) is 5.91 Å². The van der Waals surface area contributed by atoms with Gasteiger partial charge in [-0.2, -0.15) is 0 Å². The molecule has 1 N–H and O–H groups in total. The average molecular weight is 433 g/mol. The predicted octanol–water partition coefficient (Wildman–Crippen LogP) is 2.19. The highest BCUT2D eigenvalue weighted by atomic mass is 79.9. The minimum absolute atomic E-state index is 0.0232. The fraction of sp³-hybridized carbons (Fsp3) is 0.316. The van der Waals surface area contributed by atoms with E-state index in [4.69, 9.17) is 0 Å². The Morgan fingerprint density at radius 1 is 1.00 bits per heavy atom. The van der Waals surface area contributed by atoms with Gasteiger partial charge < -0.3 is 19.7 Å². The molecule has 1 aliphatic heterocycles. The molecule has 1 fully saturated rings. The van der Waals surface area contributed by atoms with E-state index in [0.29, 0.717) is 37.6 Å². The maximum atomic E-state index is 12.8. The first-order chi connectivity index (χ1) is 12.9. The second-order valence-corrected chi connectivity index (χ2v) is 7.29. The molecule has 1 aromatic carbocycles. The Kier molecular flexibility index (Phi) is 5.95. The first kappa shape index (κ1) is 19.2. The van der Waals surface area contributed by atoms with Crippen LogP contribution in [0.4, 0.5) is 5.69 Å². The van der Waals surface area contributed by atoms with Gasteiger partial charge >= 0.3 is 0 Å². The summed E-state index contributed by atoms with van der Waals surface area (Å²) in [5.74, 6) is -0.307. The summed E-state index contributed by atoms with van der Waals surface area (Å²) in [5.41, 5.74) is 1.17. The summed E-state index contributed by atoms with van der Waals surface area (Å²) in [4.78, 5) is 40.0. The molecule has 3 rings (SSSR count). The number of anilines is 1. The van der Waals surface area contributed by atoms with Crippen LogP contribution < -0.4 is 5.32 Å². The molecule has 2 aromatic rings. The summed E-state index contributed by atoms with van der Waals surface area (Å²) in [6.45, 7) is 3.64. The zero-order valence-corrected chi connectivity index (χ0v) is 16.6. The van der Waals surface area contributed by atoms with Crippen LogP contribution in [-0.4, -0.2) is 58.3 Å². The average Bonchev–Trinajstić information content (AvgIpc) is 3.11. The van der Waals surface area contributed by atoms with Crippen molar-refractivity contribution in [2.45, 2.75) is 13.5 Å². The highest BCUT2D eigenvalue weighted by molar-refractivity contribution is 9.10. The number of hydrogen-bond donors (Lipinski definition) is 1. The van der Waals surface area contributed by atoms with E-state index in [1.807, 2.05) is 12.1 Å². The Balaban J connectivity index is 1.61. The molecule has 1 aliphatic rings. The summed E-state index contributed by atoms with van der Waals surface area (Å²) in [7, 11) is 0. The van der Waals surface area contributed by atoms with Crippen LogP contribution in [0.5, 0.6) is 0 Å². The number of benzene rings is 1. The number of aromatic nitrogens is 1. The van der Waals surface area contributed by atoms with Gasteiger partial charge in [-0.25, -0.2) is 0 Å². The van der Waals surface area contributed by atoms with Crippen molar-refractivity contribution in [3.05, 3.63) is 52.8 Å². The highest BCUT2D eigenvalue weighted by Crippen LogP contribution is 2.15. The molecular formula is C19H21BrN4O3. The van der Waals surface area contributed by atoms with E-state index in [9.17, 15) is 14.4 Å². The lowest BCUT2D eigenvalue weighted by Crippen LogP contribution is -2.50. The smallest absolute Gasteiger partial charge is 0.270 e. The van der Waals surface area contributed by atoms with Crippen molar-refractivity contribution >= 4 is 39.3 Å². The SMILES string of the molecule is CC(=O)N1CCN(C(=O)c2cccn2CC(=O)Nc2ccc(Br)cc2)CC1. The molecule has 0 aliphatic carbocycles. The third kappa shape index (κ3) is 4.77. The Labute approximate surface area is 166 Å². The van der Waals surface area contributed by atoms with Gasteiger partial charge in [-0.15, -0.1) is 0 Å². The molecule has 0 atom stereocenters. The minimum Gasteiger partial charge on any atom is -0.339 e. The van der Waals surface area contributed by atoms with E-state index in [2.05, 4.69) is 21.2 Å². The van der Waals surface area contributed by atoms with Crippen LogP contribution in [0.1, 0.15) is 17.4 Å². The van der Waals surface area contributed by atoms with Crippen LogP contribution in [-0.2, 0) is 16.1 Å². The topological polar surface area (TPSA) is 74.7 Å². The van der Waals surface area contributed by atoms with Gasteiger partial charge in [0.1, 0.15) is 12.2 Å². The van der Waals surface area contributed by atoms with E-state index in [1.165, 1.54) is 6.92 Å². The number of halogens is 1. The zero-order chi connectivity index (χ0) is 19.4. The lowest BCUT2D eigenvalue weighted by atomic mass is 10.2. The molecule has 0 unspecified atom stereocenters. The van der Waals surface area contributed by atoms with Gasteiger partial charge in [0.05, 0.1) is 0 Å². The van der Waals surface area contributed by atoms with E-state index in [0.717, 1.165) is 4.47 Å². The number of carbonyl (C=O) groups is 3. The molecule has 7 nitrogen and oxygen atoms in total. The molecule has 8 heteroatoms. The predicted molar refractivity (Wildman–Crippen MR) is 105 cm³/mol. The summed E-state index contributed by atoms with van der Waals surface area (Å²) in [6.07, 6.45) is 1.72. The molecule has 3 amide bonds. The molecule has 0 spiro atoms. The summed E-state index contributed by atoms with van der Waals surface area (Å²) >= 11 is 3.35. The van der Waals surface area contributed by atoms with Gasteiger partial charge in [0.15, 0.2) is 0 Å². The quantitative estimate of drug-likeness (QED) is 0.804. The van der Waals surface area contributed by atoms with Gasteiger partial charge in [-0.05, 0) is 36.4 Å². The van der Waals surface area contributed by atoms with Gasteiger partial charge in [0.2, 0.25) is 11.8 Å². The fourth-order valence-electron chi connectivity index (χ4n) is 3.02. The van der Waals surface area contributed by atoms with Crippen molar-refractivity contribution in [1.29, 1.82) is 0 Å². The molecule has 1 saturated heterocycles. The van der Waals surface area contributed by atoms with E-state index in [-0.39, 0.29) is 24.3 Å². The van der Waals surface area contributed by atoms with E-state index >= 15 is 0 Å². The van der Waals surface area contributed by atoms with Crippen LogP contribution in [0.2, 0.25) is 0 Å². The Morgan fingerprint density at radius 3 is 2.26 bits per heavy atom. The van der Waals surface area contributed by atoms with Gasteiger partial charge in [-0.3, -0.25) is 14.4 Å². The normalized spacial score (nSPS) is 14.1. The summed E-state index contributed by atoms with van der Waals surface area (Å²) in [5, 5.41) is 2.82. The molecular weight excluding hydrogens is 412 g/mol. The third-order valence-electron chi connectivity index (χ3n) is 4.50. The molecule has 0 radical (unpaired) electrons. The standard InChI is InChI=1S/C19H21BrN4O3/c1-14(25)22-9-11-23(12-10-22)19(27)17-3-2-8-24(17)13-18(26)21-16-6-4-15(20)5-7-16/h2-8H,9-13H2,1H3,(H,21,26). The molecule has 142 valence electrons. The van der Waals surface area contributed by atoms with Crippen molar-refractivity contribution in [3.8, 4) is 0 Å². The number of piperazine rings is 1. The van der Waals surface area contributed by atoms with Crippen molar-refractivity contribution in [1.82, 2.24) is 14.4 Å². The molecule has 0 bridgehead atoms. The maximum Gasteiger partial charge on any atom is 0.270 e. The number of hydrogen-bond acceptors (Lipinski definition) is 3. The second-order valence-electron chi connectivity index (χ2n) is 6.37. The number of nitrogens with one attached hydrogen (secondary N) is 1. The summed E-state index contributed by atoms with van der Waals surface area (Å²) < 4.78 is 2.58. The first-order valence-electron chi connectivity index (χ1n) is 8.69. The molecule has 2 heterocycles. The Bertz CT molecular complexity index is 839. The Morgan fingerprint density at radius 2 is 1.63 bits per heavy atom. The largest absolute Gasteiger partial charge is 0.339 e. The van der Waals surface area contributed by atoms with Crippen LogP contribution >= 0.6 is 15.9 Å². The lowest BCUT2D eigenvalue weighted by Gasteiger charge is -2.34. The van der Waals surface area contributed by atoms with E-state index < -0.39 is 0 Å². The number of rotatable bonds is 4. The van der Waals surface area contributed by atoms with Crippen molar-refractivity contribution in [2.75, 3.05) is 31.5 Å². The van der Waals surface area contributed by atoms with Crippen molar-refractivity contribution < 1.29 is 14.4 Å². The highest BCUT2D eigenvalue weighted by Gasteiger charge is 2.25. The van der Waals surface area contributed by atoms with Gasteiger partial charge in [0, 0.05) is 49.5 Å². The van der Waals surface area contributed by atoms with Crippen LogP contribution in [0.3, 0.4) is 0 Å². The molecule has 0 saturated carbocycles. The Hall–Kier alpha value is -2.61. The van der Waals surface area contributed by atoms with E-state index in [1.54, 1.807) is 44.8 Å². The number of amides is 3. The van der Waals surface area contributed by atoms with Gasteiger partial charge in [-0.1, -0.05) is 15.9 Å². The van der Waals surface area contributed by atoms with Crippen molar-refractivity contribution in [2.24, 2.45) is 0 Å². The maximum absolute atomic E-state index is 12.8. The zero-order valence-electron chi connectivity index (χ0n) is 15.0. The van der Waals surface area contributed by atoms with Crippen LogP contribution in [0, 0.1) is 0 Å². The third-order valence-corrected chi connectivity index (χ3v) is 5.03. The second kappa shape index (κ2) is 8.39. The summed E-state index contributed by atoms with van der Waals surface area (Å²) in [6, 6.07) is 10.8. The number of carbonyl (C=O) groups excluding carboxylic acids is 3. The fourth-order valence-corrected chi connectivity index (χ4v) is 3.29. The van der Waals surface area contributed by atoms with Crippen LogP contribution in [0.25, 0.3) is 0 Å². The first-order valence-corrected chi connectivity index (χ1v) is 9.48. The number of nitrogens with zero attached hydrogens (tertiary/aromatic N) is 3. The molecule has 1 aromatic heterocycles. The van der Waals surface area contributed by atoms with Crippen molar-refractivity contribution in [3.63, 3.8) is 0 Å².